The van der Waals surface area contributed by atoms with Gasteiger partial charge in [-0.2, -0.15) is 0 Å². The highest BCUT2D eigenvalue weighted by molar-refractivity contribution is 5.99. The summed E-state index contributed by atoms with van der Waals surface area (Å²) in [6.07, 6.45) is -0.421. The summed E-state index contributed by atoms with van der Waals surface area (Å²) in [5, 5.41) is 1.11. The summed E-state index contributed by atoms with van der Waals surface area (Å²) in [5.41, 5.74) is 6.91. The van der Waals surface area contributed by atoms with Crippen LogP contribution in [0.1, 0.15) is 27.6 Å². The Labute approximate surface area is 170 Å². The molecule has 0 N–H and O–H groups in total. The number of benzene rings is 3. The third-order valence-electron chi connectivity index (χ3n) is 5.74. The first-order chi connectivity index (χ1) is 14.1. The molecule has 1 aliphatic heterocycles. The van der Waals surface area contributed by atoms with Gasteiger partial charge in [-0.1, -0.05) is 54.6 Å². The number of aryl methyl sites for hydroxylation is 1. The summed E-state index contributed by atoms with van der Waals surface area (Å²) in [7, 11) is 6.01. The zero-order chi connectivity index (χ0) is 20.1. The van der Waals surface area contributed by atoms with Gasteiger partial charge in [0, 0.05) is 48.9 Å². The first-order valence-corrected chi connectivity index (χ1v) is 9.71. The molecule has 0 spiro atoms. The molecule has 0 bridgehead atoms. The Kier molecular flexibility index (Phi) is 3.95. The van der Waals surface area contributed by atoms with Crippen LogP contribution in [0.2, 0.25) is 0 Å². The lowest BCUT2D eigenvalue weighted by Gasteiger charge is -2.16. The molecule has 0 fully saturated rings. The minimum Gasteiger partial charge on any atom is -0.449 e. The average Bonchev–Trinajstić information content (AvgIpc) is 3.22. The van der Waals surface area contributed by atoms with Crippen LogP contribution in [0.25, 0.3) is 22.2 Å². The van der Waals surface area contributed by atoms with Crippen molar-refractivity contribution in [2.24, 2.45) is 7.05 Å². The Bertz CT molecular complexity index is 1240. The van der Waals surface area contributed by atoms with Crippen molar-refractivity contribution in [1.29, 1.82) is 0 Å². The molecule has 2 heterocycles. The Morgan fingerprint density at radius 2 is 1.66 bits per heavy atom. The van der Waals surface area contributed by atoms with Gasteiger partial charge < -0.3 is 14.2 Å². The maximum Gasteiger partial charge on any atom is 0.339 e. The lowest BCUT2D eigenvalue weighted by molar-refractivity contribution is 0.0458. The van der Waals surface area contributed by atoms with Gasteiger partial charge in [-0.3, -0.25) is 0 Å². The van der Waals surface area contributed by atoms with Crippen LogP contribution in [-0.2, 0) is 11.8 Å². The van der Waals surface area contributed by atoms with Gasteiger partial charge in [0.15, 0.2) is 6.10 Å². The minimum atomic E-state index is -0.421. The van der Waals surface area contributed by atoms with E-state index < -0.39 is 6.10 Å². The van der Waals surface area contributed by atoms with Crippen LogP contribution in [0.5, 0.6) is 0 Å². The number of carbonyl (C=O) groups is 1. The zero-order valence-electron chi connectivity index (χ0n) is 16.7. The maximum absolute atomic E-state index is 12.8. The molecule has 0 aliphatic carbocycles. The van der Waals surface area contributed by atoms with Gasteiger partial charge in [0.2, 0.25) is 0 Å². The van der Waals surface area contributed by atoms with Gasteiger partial charge in [0.1, 0.15) is 0 Å². The molecule has 0 saturated heterocycles. The molecule has 3 aromatic carbocycles. The number of anilines is 1. The number of rotatable bonds is 3. The predicted octanol–water partition coefficient (Wildman–Crippen LogP) is 5.17. The number of para-hydroxylation sites is 1. The molecule has 4 nitrogen and oxygen atoms in total. The highest BCUT2D eigenvalue weighted by atomic mass is 16.5. The number of aromatic nitrogens is 1. The third kappa shape index (κ3) is 2.64. The van der Waals surface area contributed by atoms with Crippen LogP contribution >= 0.6 is 0 Å². The number of carbonyl (C=O) groups excluding carboxylic acids is 1. The fourth-order valence-corrected chi connectivity index (χ4v) is 4.31. The summed E-state index contributed by atoms with van der Waals surface area (Å²) >= 11 is 0. The van der Waals surface area contributed by atoms with Crippen molar-refractivity contribution in [3.8, 4) is 11.3 Å². The second kappa shape index (κ2) is 6.52. The molecular weight excluding hydrogens is 360 g/mol. The molecule has 1 atom stereocenters. The van der Waals surface area contributed by atoms with E-state index in [-0.39, 0.29) is 5.97 Å². The van der Waals surface area contributed by atoms with E-state index in [1.54, 1.807) is 0 Å². The SMILES string of the molecule is CN(C)c1ccc2c(c1)C(=O)OC2c1c(-c2ccccc2)n(C)c2ccccc12. The van der Waals surface area contributed by atoms with Gasteiger partial charge in [-0.15, -0.1) is 0 Å². The topological polar surface area (TPSA) is 34.5 Å². The normalized spacial score (nSPS) is 15.4. The highest BCUT2D eigenvalue weighted by Crippen LogP contribution is 2.45. The molecule has 144 valence electrons. The summed E-state index contributed by atoms with van der Waals surface area (Å²) < 4.78 is 8.16. The number of esters is 1. The van der Waals surface area contributed by atoms with Crippen molar-refractivity contribution >= 4 is 22.6 Å². The van der Waals surface area contributed by atoms with Crippen molar-refractivity contribution in [3.63, 3.8) is 0 Å². The number of cyclic esters (lactones) is 1. The summed E-state index contributed by atoms with van der Waals surface area (Å²) in [6.45, 7) is 0. The molecule has 1 aliphatic rings. The van der Waals surface area contributed by atoms with Gasteiger partial charge in [0.05, 0.1) is 11.3 Å². The molecule has 29 heavy (non-hydrogen) atoms. The number of hydrogen-bond donors (Lipinski definition) is 0. The monoisotopic (exact) mass is 382 g/mol. The minimum absolute atomic E-state index is 0.263. The maximum atomic E-state index is 12.8. The summed E-state index contributed by atoms with van der Waals surface area (Å²) in [4.78, 5) is 14.8. The molecule has 1 aromatic heterocycles. The standard InChI is InChI=1S/C25H22N2O2/c1-26(2)17-13-14-18-20(15-17)25(28)29-24(18)22-19-11-7-8-12-21(19)27(3)23(22)16-9-5-4-6-10-16/h4-15,24H,1-3H3. The predicted molar refractivity (Wildman–Crippen MR) is 116 cm³/mol. The number of ether oxygens (including phenoxy) is 1. The van der Waals surface area contributed by atoms with Gasteiger partial charge in [-0.05, 0) is 23.8 Å². The van der Waals surface area contributed by atoms with E-state index in [1.165, 1.54) is 0 Å². The second-order valence-electron chi connectivity index (χ2n) is 7.66. The van der Waals surface area contributed by atoms with E-state index >= 15 is 0 Å². The van der Waals surface area contributed by atoms with E-state index in [0.29, 0.717) is 5.56 Å². The number of fused-ring (bicyclic) bond motifs is 2. The van der Waals surface area contributed by atoms with E-state index in [0.717, 1.165) is 39.0 Å². The highest BCUT2D eigenvalue weighted by Gasteiger charge is 2.36. The molecule has 4 aromatic rings. The molecule has 0 saturated carbocycles. The fourth-order valence-electron chi connectivity index (χ4n) is 4.31. The third-order valence-corrected chi connectivity index (χ3v) is 5.74. The fraction of sp³-hybridized carbons (Fsp3) is 0.160. The Morgan fingerprint density at radius 1 is 0.931 bits per heavy atom. The van der Waals surface area contributed by atoms with Gasteiger partial charge in [0.25, 0.3) is 0 Å². The average molecular weight is 382 g/mol. The van der Waals surface area contributed by atoms with Crippen molar-refractivity contribution in [1.82, 2.24) is 4.57 Å². The van der Waals surface area contributed by atoms with Crippen LogP contribution in [0.15, 0.2) is 72.8 Å². The molecular formula is C25H22N2O2. The van der Waals surface area contributed by atoms with Gasteiger partial charge in [-0.25, -0.2) is 4.79 Å². The van der Waals surface area contributed by atoms with Crippen LogP contribution < -0.4 is 4.90 Å². The quantitative estimate of drug-likeness (QED) is 0.459. The number of hydrogen-bond acceptors (Lipinski definition) is 3. The zero-order valence-corrected chi connectivity index (χ0v) is 16.7. The lowest BCUT2D eigenvalue weighted by Crippen LogP contribution is -2.09. The van der Waals surface area contributed by atoms with Crippen LogP contribution in [-0.4, -0.2) is 24.6 Å². The van der Waals surface area contributed by atoms with Gasteiger partial charge >= 0.3 is 5.97 Å². The van der Waals surface area contributed by atoms with E-state index in [2.05, 4.69) is 35.9 Å². The van der Waals surface area contributed by atoms with E-state index in [1.807, 2.05) is 67.5 Å². The van der Waals surface area contributed by atoms with Crippen molar-refractivity contribution in [3.05, 3.63) is 89.5 Å². The van der Waals surface area contributed by atoms with Crippen molar-refractivity contribution < 1.29 is 9.53 Å². The largest absolute Gasteiger partial charge is 0.449 e. The van der Waals surface area contributed by atoms with Crippen LogP contribution in [0, 0.1) is 0 Å². The second-order valence-corrected chi connectivity index (χ2v) is 7.66. The Morgan fingerprint density at radius 3 is 2.41 bits per heavy atom. The first-order valence-electron chi connectivity index (χ1n) is 9.71. The van der Waals surface area contributed by atoms with Crippen LogP contribution in [0.3, 0.4) is 0 Å². The Balaban J connectivity index is 1.78. The van der Waals surface area contributed by atoms with Crippen LogP contribution in [0.4, 0.5) is 5.69 Å². The molecule has 0 radical (unpaired) electrons. The molecule has 5 rings (SSSR count). The van der Waals surface area contributed by atoms with E-state index in [4.69, 9.17) is 4.74 Å². The van der Waals surface area contributed by atoms with Crippen molar-refractivity contribution in [2.45, 2.75) is 6.10 Å². The Hall–Kier alpha value is -3.53. The smallest absolute Gasteiger partial charge is 0.339 e. The first kappa shape index (κ1) is 17.6. The lowest BCUT2D eigenvalue weighted by atomic mass is 9.94. The number of nitrogens with zero attached hydrogens (tertiary/aromatic N) is 2. The molecule has 0 amide bonds. The van der Waals surface area contributed by atoms with Crippen molar-refractivity contribution in [2.75, 3.05) is 19.0 Å². The molecule has 4 heteroatoms. The molecule has 1 unspecified atom stereocenters. The van der Waals surface area contributed by atoms with E-state index in [9.17, 15) is 4.79 Å². The summed E-state index contributed by atoms with van der Waals surface area (Å²) in [6, 6.07) is 24.6. The summed E-state index contributed by atoms with van der Waals surface area (Å²) in [5.74, 6) is -0.263.